The quantitative estimate of drug-likeness (QED) is 0.169. The van der Waals surface area contributed by atoms with E-state index < -0.39 is 0 Å². The van der Waals surface area contributed by atoms with Crippen LogP contribution in [-0.4, -0.2) is 0 Å². The highest BCUT2D eigenvalue weighted by Crippen LogP contribution is 2.52. The molecule has 11 aromatic rings. The molecule has 0 atom stereocenters. The van der Waals surface area contributed by atoms with Crippen LogP contribution < -0.4 is 4.90 Å². The zero-order valence-electron chi connectivity index (χ0n) is 33.3. The van der Waals surface area contributed by atoms with Crippen molar-refractivity contribution in [3.8, 4) is 44.5 Å². The Kier molecular flexibility index (Phi) is 7.58. The number of anilines is 3. The minimum Gasteiger partial charge on any atom is -0.456 e. The van der Waals surface area contributed by atoms with Crippen molar-refractivity contribution in [1.82, 2.24) is 0 Å². The van der Waals surface area contributed by atoms with Crippen molar-refractivity contribution in [2.45, 2.75) is 19.3 Å². The molecule has 2 aromatic heterocycles. The third kappa shape index (κ3) is 5.29. The molecule has 0 radical (unpaired) electrons. The topological polar surface area (TPSA) is 29.5 Å². The third-order valence-corrected chi connectivity index (χ3v) is 12.7. The number of rotatable bonds is 6. The van der Waals surface area contributed by atoms with Crippen LogP contribution in [0, 0.1) is 0 Å². The van der Waals surface area contributed by atoms with Crippen LogP contribution >= 0.6 is 0 Å². The van der Waals surface area contributed by atoms with Crippen LogP contribution in [0.5, 0.6) is 0 Å². The van der Waals surface area contributed by atoms with Crippen LogP contribution in [0.2, 0.25) is 0 Å². The van der Waals surface area contributed by atoms with Gasteiger partial charge in [0.1, 0.15) is 16.7 Å². The van der Waals surface area contributed by atoms with Gasteiger partial charge in [-0.1, -0.05) is 159 Å². The maximum Gasteiger partial charge on any atom is 0.159 e. The summed E-state index contributed by atoms with van der Waals surface area (Å²) in [6, 6.07) is 71.9. The van der Waals surface area contributed by atoms with E-state index in [0.29, 0.717) is 0 Å². The van der Waals surface area contributed by atoms with E-state index >= 15 is 0 Å². The van der Waals surface area contributed by atoms with Crippen LogP contribution in [0.3, 0.4) is 0 Å². The minimum atomic E-state index is -0.171. The number of fused-ring (bicyclic) bond motifs is 10. The van der Waals surface area contributed by atoms with Crippen molar-refractivity contribution in [1.29, 1.82) is 0 Å². The first-order chi connectivity index (χ1) is 29.5. The van der Waals surface area contributed by atoms with Gasteiger partial charge in [-0.15, -0.1) is 0 Å². The van der Waals surface area contributed by atoms with Crippen molar-refractivity contribution < 1.29 is 8.83 Å². The maximum atomic E-state index is 7.10. The van der Waals surface area contributed by atoms with Crippen molar-refractivity contribution in [3.05, 3.63) is 211 Å². The molecule has 1 aliphatic carbocycles. The van der Waals surface area contributed by atoms with E-state index in [4.69, 9.17) is 8.83 Å². The zero-order valence-corrected chi connectivity index (χ0v) is 33.3. The van der Waals surface area contributed by atoms with Crippen molar-refractivity contribution in [2.75, 3.05) is 4.90 Å². The monoisotopic (exact) mass is 769 g/mol. The van der Waals surface area contributed by atoms with E-state index in [-0.39, 0.29) is 5.41 Å². The minimum absolute atomic E-state index is 0.171. The van der Waals surface area contributed by atoms with Gasteiger partial charge in [-0.2, -0.15) is 0 Å². The summed E-state index contributed by atoms with van der Waals surface area (Å²) in [5, 5.41) is 4.25. The van der Waals surface area contributed by atoms with Crippen LogP contribution in [0.4, 0.5) is 17.1 Å². The van der Waals surface area contributed by atoms with E-state index in [9.17, 15) is 0 Å². The predicted octanol–water partition coefficient (Wildman–Crippen LogP) is 16.3. The Morgan fingerprint density at radius 3 is 1.62 bits per heavy atom. The first-order valence-electron chi connectivity index (χ1n) is 20.7. The maximum absolute atomic E-state index is 7.10. The fraction of sp³-hybridized carbons (Fsp3) is 0.0526. The van der Waals surface area contributed by atoms with E-state index in [1.165, 1.54) is 44.5 Å². The van der Waals surface area contributed by atoms with Crippen LogP contribution in [0.15, 0.2) is 209 Å². The van der Waals surface area contributed by atoms with Crippen LogP contribution in [-0.2, 0) is 5.41 Å². The second kappa shape index (κ2) is 13.2. The van der Waals surface area contributed by atoms with Gasteiger partial charge in [-0.3, -0.25) is 0 Å². The largest absolute Gasteiger partial charge is 0.456 e. The molecule has 0 aliphatic heterocycles. The molecule has 0 saturated heterocycles. The molecule has 0 unspecified atom stereocenters. The van der Waals surface area contributed by atoms with Gasteiger partial charge >= 0.3 is 0 Å². The lowest BCUT2D eigenvalue weighted by Gasteiger charge is -2.28. The van der Waals surface area contributed by atoms with Crippen molar-refractivity contribution >= 4 is 60.9 Å². The standard InChI is InChI=1S/C57H39NO2/c1-57(2)48-19-11-9-17-44(48)45-30-29-43(35-49(45)57)58(42-27-25-39(26-28-42)37-15-7-4-8-16-37)50-34-41(40-23-21-38(22-24-40)36-13-5-3-6-14-36)33-47-55-53(60-56(47)50)32-31-52-54(55)46-18-10-12-20-51(46)59-52/h3-35H,1-2H3. The van der Waals surface area contributed by atoms with Crippen molar-refractivity contribution in [3.63, 3.8) is 0 Å². The molecule has 0 saturated carbocycles. The Morgan fingerprint density at radius 1 is 0.367 bits per heavy atom. The van der Waals surface area contributed by atoms with Gasteiger partial charge in [0, 0.05) is 38.3 Å². The zero-order chi connectivity index (χ0) is 40.0. The molecular weight excluding hydrogens is 731 g/mol. The summed E-state index contributed by atoms with van der Waals surface area (Å²) in [4.78, 5) is 2.39. The number of benzene rings is 9. The summed E-state index contributed by atoms with van der Waals surface area (Å²) in [6.07, 6.45) is 0. The average Bonchev–Trinajstić information content (AvgIpc) is 3.95. The molecule has 60 heavy (non-hydrogen) atoms. The molecule has 0 N–H and O–H groups in total. The molecule has 12 rings (SSSR count). The summed E-state index contributed by atoms with van der Waals surface area (Å²) in [6.45, 7) is 4.69. The number of furan rings is 2. The fourth-order valence-corrected chi connectivity index (χ4v) is 9.68. The Morgan fingerprint density at radius 2 is 0.900 bits per heavy atom. The summed E-state index contributed by atoms with van der Waals surface area (Å²) in [7, 11) is 0. The number of hydrogen-bond donors (Lipinski definition) is 0. The molecule has 0 fully saturated rings. The van der Waals surface area contributed by atoms with E-state index in [2.05, 4.69) is 201 Å². The van der Waals surface area contributed by atoms with E-state index in [1.54, 1.807) is 0 Å². The second-order valence-corrected chi connectivity index (χ2v) is 16.5. The van der Waals surface area contributed by atoms with Gasteiger partial charge in [0.2, 0.25) is 0 Å². The van der Waals surface area contributed by atoms with Gasteiger partial charge in [0.05, 0.1) is 5.69 Å². The summed E-state index contributed by atoms with van der Waals surface area (Å²) in [5.74, 6) is 0. The van der Waals surface area contributed by atoms with Gasteiger partial charge in [0.25, 0.3) is 0 Å². The summed E-state index contributed by atoms with van der Waals surface area (Å²) < 4.78 is 13.5. The first-order valence-corrected chi connectivity index (χ1v) is 20.7. The molecule has 1 aliphatic rings. The van der Waals surface area contributed by atoms with E-state index in [0.717, 1.165) is 72.1 Å². The number of nitrogens with zero attached hydrogens (tertiary/aromatic N) is 1. The highest BCUT2D eigenvalue weighted by Gasteiger charge is 2.36. The molecule has 2 heterocycles. The normalized spacial score (nSPS) is 13.0. The molecule has 3 nitrogen and oxygen atoms in total. The molecule has 284 valence electrons. The smallest absolute Gasteiger partial charge is 0.159 e. The summed E-state index contributed by atoms with van der Waals surface area (Å²) in [5.41, 5.74) is 18.5. The van der Waals surface area contributed by atoms with Gasteiger partial charge in [0.15, 0.2) is 5.58 Å². The van der Waals surface area contributed by atoms with Crippen LogP contribution in [0.25, 0.3) is 88.4 Å². The van der Waals surface area contributed by atoms with Crippen LogP contribution in [0.1, 0.15) is 25.0 Å². The van der Waals surface area contributed by atoms with Crippen molar-refractivity contribution in [2.24, 2.45) is 0 Å². The lowest BCUT2D eigenvalue weighted by atomic mass is 9.82. The molecular formula is C57H39NO2. The average molecular weight is 770 g/mol. The number of hydrogen-bond acceptors (Lipinski definition) is 3. The lowest BCUT2D eigenvalue weighted by molar-refractivity contribution is 0.660. The van der Waals surface area contributed by atoms with E-state index in [1.807, 2.05) is 18.2 Å². The van der Waals surface area contributed by atoms with Gasteiger partial charge in [-0.25, -0.2) is 0 Å². The van der Waals surface area contributed by atoms with Gasteiger partial charge in [-0.05, 0) is 110 Å². The lowest BCUT2D eigenvalue weighted by Crippen LogP contribution is -2.16. The second-order valence-electron chi connectivity index (χ2n) is 16.5. The fourth-order valence-electron chi connectivity index (χ4n) is 9.68. The third-order valence-electron chi connectivity index (χ3n) is 12.7. The molecule has 0 amide bonds. The Balaban J connectivity index is 1.14. The molecule has 9 aromatic carbocycles. The van der Waals surface area contributed by atoms with Gasteiger partial charge < -0.3 is 13.7 Å². The highest BCUT2D eigenvalue weighted by molar-refractivity contribution is 6.27. The predicted molar refractivity (Wildman–Crippen MR) is 250 cm³/mol. The molecule has 0 bridgehead atoms. The molecule has 3 heteroatoms. The Labute approximate surface area is 348 Å². The Bertz CT molecular complexity index is 3430. The summed E-state index contributed by atoms with van der Waals surface area (Å²) >= 11 is 0. The molecule has 0 spiro atoms. The number of para-hydroxylation sites is 1. The SMILES string of the molecule is CC1(C)c2ccccc2-c2ccc(N(c3ccc(-c4ccccc4)cc3)c3cc(-c4ccc(-c5ccccc5)cc4)cc4c3oc3ccc5oc6ccccc6c5c34)cc21. The first kappa shape index (κ1) is 34.4. The highest BCUT2D eigenvalue weighted by atomic mass is 16.3. The Hall–Kier alpha value is -7.62.